The number of carbonyl (C=O) groups is 2. The molecule has 1 aliphatic carbocycles. The molecule has 0 bridgehead atoms. The van der Waals surface area contributed by atoms with Crippen molar-refractivity contribution >= 4 is 11.9 Å². The largest absolute Gasteiger partial charge is 0.481 e. The van der Waals surface area contributed by atoms with Gasteiger partial charge in [0.2, 0.25) is 5.91 Å². The summed E-state index contributed by atoms with van der Waals surface area (Å²) in [5.74, 6) is -1.28. The van der Waals surface area contributed by atoms with Crippen LogP contribution in [0.15, 0.2) is 30.3 Å². The average Bonchev–Trinajstić information content (AvgIpc) is 2.53. The van der Waals surface area contributed by atoms with E-state index in [0.717, 1.165) is 5.56 Å². The van der Waals surface area contributed by atoms with Crippen LogP contribution in [0.3, 0.4) is 0 Å². The maximum Gasteiger partial charge on any atom is 0.306 e. The van der Waals surface area contributed by atoms with Crippen LogP contribution in [0.25, 0.3) is 0 Å². The van der Waals surface area contributed by atoms with Gasteiger partial charge in [-0.25, -0.2) is 0 Å². The summed E-state index contributed by atoms with van der Waals surface area (Å²) in [7, 11) is 0. The number of aliphatic carboxylic acids is 1. The quantitative estimate of drug-likeness (QED) is 0.745. The fourth-order valence-electron chi connectivity index (χ4n) is 2.92. The van der Waals surface area contributed by atoms with E-state index in [1.807, 2.05) is 30.3 Å². The third kappa shape index (κ3) is 4.84. The third-order valence-corrected chi connectivity index (χ3v) is 4.27. The lowest BCUT2D eigenvalue weighted by atomic mass is 9.81. The van der Waals surface area contributed by atoms with E-state index in [1.54, 1.807) is 0 Å². The summed E-state index contributed by atoms with van der Waals surface area (Å²) in [5, 5.41) is 21.7. The minimum atomic E-state index is -0.767. The van der Waals surface area contributed by atoms with Crippen molar-refractivity contribution < 1.29 is 19.8 Å². The predicted molar refractivity (Wildman–Crippen MR) is 82.2 cm³/mol. The molecule has 1 amide bonds. The van der Waals surface area contributed by atoms with Gasteiger partial charge in [-0.15, -0.1) is 0 Å². The Hall–Kier alpha value is -1.88. The average molecular weight is 305 g/mol. The maximum atomic E-state index is 12.1. The van der Waals surface area contributed by atoms with Gasteiger partial charge in [-0.1, -0.05) is 30.3 Å². The highest BCUT2D eigenvalue weighted by Gasteiger charge is 2.29. The highest BCUT2D eigenvalue weighted by atomic mass is 16.4. The van der Waals surface area contributed by atoms with Crippen LogP contribution >= 0.6 is 0 Å². The molecule has 1 saturated carbocycles. The van der Waals surface area contributed by atoms with Gasteiger partial charge in [-0.2, -0.15) is 0 Å². The standard InChI is InChI=1S/C17H23NO4/c19-15(10-12-4-2-1-3-5-12)11-18-16(20)13-6-8-14(9-7-13)17(21)22/h1-5,13-15,19H,6-11H2,(H,18,20)(H,21,22). The number of amides is 1. The maximum absolute atomic E-state index is 12.1. The SMILES string of the molecule is O=C(O)C1CCC(C(=O)NCC(O)Cc2ccccc2)CC1. The molecule has 1 aromatic rings. The van der Waals surface area contributed by atoms with Crippen molar-refractivity contribution in [3.05, 3.63) is 35.9 Å². The molecule has 5 nitrogen and oxygen atoms in total. The Morgan fingerprint density at radius 2 is 1.68 bits per heavy atom. The lowest BCUT2D eigenvalue weighted by molar-refractivity contribution is -0.144. The van der Waals surface area contributed by atoms with Crippen LogP contribution in [0.1, 0.15) is 31.2 Å². The summed E-state index contributed by atoms with van der Waals surface area (Å²) in [5.41, 5.74) is 1.03. The number of aliphatic hydroxyl groups excluding tert-OH is 1. The smallest absolute Gasteiger partial charge is 0.306 e. The van der Waals surface area contributed by atoms with Crippen molar-refractivity contribution in [3.8, 4) is 0 Å². The Morgan fingerprint density at radius 3 is 2.27 bits per heavy atom. The number of hydrogen-bond acceptors (Lipinski definition) is 3. The van der Waals surface area contributed by atoms with E-state index in [-0.39, 0.29) is 24.3 Å². The highest BCUT2D eigenvalue weighted by Crippen LogP contribution is 2.28. The number of aliphatic hydroxyl groups is 1. The molecule has 0 radical (unpaired) electrons. The molecule has 22 heavy (non-hydrogen) atoms. The molecule has 1 fully saturated rings. The van der Waals surface area contributed by atoms with Crippen LogP contribution in [0.2, 0.25) is 0 Å². The van der Waals surface area contributed by atoms with Crippen LogP contribution in [0.4, 0.5) is 0 Å². The lowest BCUT2D eigenvalue weighted by Crippen LogP contribution is -2.38. The first kappa shape index (κ1) is 16.5. The van der Waals surface area contributed by atoms with E-state index in [2.05, 4.69) is 5.32 Å². The highest BCUT2D eigenvalue weighted by molar-refractivity contribution is 5.79. The van der Waals surface area contributed by atoms with Crippen molar-refractivity contribution in [1.82, 2.24) is 5.32 Å². The molecule has 120 valence electrons. The van der Waals surface area contributed by atoms with Gasteiger partial charge in [0, 0.05) is 18.9 Å². The number of carboxylic acids is 1. The van der Waals surface area contributed by atoms with Gasteiger partial charge in [-0.05, 0) is 31.2 Å². The molecular weight excluding hydrogens is 282 g/mol. The van der Waals surface area contributed by atoms with Crippen molar-refractivity contribution in [2.75, 3.05) is 6.54 Å². The summed E-state index contributed by atoms with van der Waals surface area (Å²) in [6, 6.07) is 9.64. The van der Waals surface area contributed by atoms with Gasteiger partial charge in [0.1, 0.15) is 0 Å². The summed E-state index contributed by atoms with van der Waals surface area (Å²) in [4.78, 5) is 22.9. The number of hydrogen-bond donors (Lipinski definition) is 3. The first-order valence-electron chi connectivity index (χ1n) is 7.78. The zero-order valence-electron chi connectivity index (χ0n) is 12.6. The molecular formula is C17H23NO4. The molecule has 0 saturated heterocycles. The van der Waals surface area contributed by atoms with Gasteiger partial charge in [-0.3, -0.25) is 9.59 Å². The first-order valence-corrected chi connectivity index (χ1v) is 7.78. The zero-order valence-corrected chi connectivity index (χ0v) is 12.6. The van der Waals surface area contributed by atoms with E-state index in [9.17, 15) is 14.7 Å². The van der Waals surface area contributed by atoms with Crippen LogP contribution in [-0.4, -0.2) is 34.7 Å². The number of carbonyl (C=O) groups excluding carboxylic acids is 1. The van der Waals surface area contributed by atoms with Gasteiger partial charge >= 0.3 is 5.97 Å². The molecule has 1 aliphatic rings. The molecule has 0 heterocycles. The van der Waals surface area contributed by atoms with E-state index < -0.39 is 12.1 Å². The molecule has 5 heteroatoms. The fraction of sp³-hybridized carbons (Fsp3) is 0.529. The summed E-state index contributed by atoms with van der Waals surface area (Å²) in [6.45, 7) is 0.229. The normalized spacial score (nSPS) is 22.8. The minimum Gasteiger partial charge on any atom is -0.481 e. The van der Waals surface area contributed by atoms with Crippen LogP contribution in [0.5, 0.6) is 0 Å². The van der Waals surface area contributed by atoms with Gasteiger partial charge < -0.3 is 15.5 Å². The Balaban J connectivity index is 1.70. The van der Waals surface area contributed by atoms with Crippen LogP contribution in [0, 0.1) is 11.8 Å². The van der Waals surface area contributed by atoms with E-state index in [1.165, 1.54) is 0 Å². The zero-order chi connectivity index (χ0) is 15.9. The Morgan fingerprint density at radius 1 is 1.09 bits per heavy atom. The second-order valence-corrected chi connectivity index (χ2v) is 5.98. The molecule has 0 aromatic heterocycles. The molecule has 1 atom stereocenters. The second-order valence-electron chi connectivity index (χ2n) is 5.98. The Labute approximate surface area is 130 Å². The summed E-state index contributed by atoms with van der Waals surface area (Å²) < 4.78 is 0. The predicted octanol–water partition coefficient (Wildman–Crippen LogP) is 1.60. The molecule has 0 spiro atoms. The van der Waals surface area contributed by atoms with Crippen molar-refractivity contribution in [1.29, 1.82) is 0 Å². The Bertz CT molecular complexity index is 495. The fourth-order valence-corrected chi connectivity index (χ4v) is 2.92. The molecule has 3 N–H and O–H groups in total. The van der Waals surface area contributed by atoms with E-state index in [4.69, 9.17) is 5.11 Å². The van der Waals surface area contributed by atoms with Crippen molar-refractivity contribution in [3.63, 3.8) is 0 Å². The number of carboxylic acid groups (broad SMARTS) is 1. The van der Waals surface area contributed by atoms with Crippen molar-refractivity contribution in [2.45, 2.75) is 38.2 Å². The molecule has 1 unspecified atom stereocenters. The monoisotopic (exact) mass is 305 g/mol. The molecule has 1 aromatic carbocycles. The topological polar surface area (TPSA) is 86.6 Å². The summed E-state index contributed by atoms with van der Waals surface area (Å²) in [6.07, 6.45) is 2.23. The van der Waals surface area contributed by atoms with E-state index in [0.29, 0.717) is 32.1 Å². The van der Waals surface area contributed by atoms with Crippen LogP contribution in [-0.2, 0) is 16.0 Å². The van der Waals surface area contributed by atoms with Crippen molar-refractivity contribution in [2.24, 2.45) is 11.8 Å². The number of benzene rings is 1. The van der Waals surface area contributed by atoms with Crippen LogP contribution < -0.4 is 5.32 Å². The minimum absolute atomic E-state index is 0.0732. The molecule has 0 aliphatic heterocycles. The first-order chi connectivity index (χ1) is 10.6. The lowest BCUT2D eigenvalue weighted by Gasteiger charge is -2.25. The number of nitrogens with one attached hydrogen (secondary N) is 1. The third-order valence-electron chi connectivity index (χ3n) is 4.27. The van der Waals surface area contributed by atoms with Gasteiger partial charge in [0.15, 0.2) is 0 Å². The van der Waals surface area contributed by atoms with Gasteiger partial charge in [0.25, 0.3) is 0 Å². The summed E-state index contributed by atoms with van der Waals surface area (Å²) >= 11 is 0. The number of rotatable bonds is 6. The van der Waals surface area contributed by atoms with Gasteiger partial charge in [0.05, 0.1) is 12.0 Å². The van der Waals surface area contributed by atoms with E-state index >= 15 is 0 Å². The second kappa shape index (κ2) is 7.94. The molecule has 2 rings (SSSR count). The Kier molecular flexibility index (Phi) is 5.95.